The summed E-state index contributed by atoms with van der Waals surface area (Å²) in [6, 6.07) is 0. The maximum Gasteiger partial charge on any atom is 0.0700 e. The van der Waals surface area contributed by atoms with Gasteiger partial charge >= 0.3 is 0 Å². The smallest absolute Gasteiger partial charge is 0.0700 e. The maximum absolute atomic E-state index is 5.65. The standard InChI is InChI=1S/C12H27NO2/c1-4-14-9-10-15-8-6-5-7-12(2,3)11-13/h4-11,13H2,1-3H3. The molecule has 0 heterocycles. The third-order valence-corrected chi connectivity index (χ3v) is 2.52. The van der Waals surface area contributed by atoms with Crippen molar-refractivity contribution in [1.29, 1.82) is 0 Å². The Morgan fingerprint density at radius 2 is 1.67 bits per heavy atom. The lowest BCUT2D eigenvalue weighted by molar-refractivity contribution is 0.0506. The molecule has 0 aliphatic heterocycles. The molecule has 3 heteroatoms. The number of hydrogen-bond acceptors (Lipinski definition) is 3. The number of nitrogens with two attached hydrogens (primary N) is 1. The van der Waals surface area contributed by atoms with Gasteiger partial charge in [-0.05, 0) is 31.7 Å². The summed E-state index contributed by atoms with van der Waals surface area (Å²) in [5, 5.41) is 0. The van der Waals surface area contributed by atoms with Crippen LogP contribution in [0.4, 0.5) is 0 Å². The molecule has 0 aromatic carbocycles. The van der Waals surface area contributed by atoms with Crippen LogP contribution in [-0.4, -0.2) is 33.0 Å². The molecule has 0 atom stereocenters. The van der Waals surface area contributed by atoms with Gasteiger partial charge in [-0.3, -0.25) is 0 Å². The van der Waals surface area contributed by atoms with E-state index in [0.29, 0.717) is 13.2 Å². The van der Waals surface area contributed by atoms with Gasteiger partial charge in [0.15, 0.2) is 0 Å². The number of rotatable bonds is 10. The fourth-order valence-corrected chi connectivity index (χ4v) is 1.27. The molecule has 92 valence electrons. The molecule has 0 unspecified atom stereocenters. The van der Waals surface area contributed by atoms with E-state index in [1.54, 1.807) is 0 Å². The van der Waals surface area contributed by atoms with Crippen molar-refractivity contribution in [3.63, 3.8) is 0 Å². The third-order valence-electron chi connectivity index (χ3n) is 2.52. The van der Waals surface area contributed by atoms with Crippen LogP contribution in [0, 0.1) is 5.41 Å². The molecule has 0 bridgehead atoms. The topological polar surface area (TPSA) is 44.5 Å². The van der Waals surface area contributed by atoms with Crippen LogP contribution in [0.15, 0.2) is 0 Å². The number of unbranched alkanes of at least 4 members (excludes halogenated alkanes) is 1. The van der Waals surface area contributed by atoms with Gasteiger partial charge in [-0.2, -0.15) is 0 Å². The average Bonchev–Trinajstić information content (AvgIpc) is 2.22. The minimum atomic E-state index is 0.283. The van der Waals surface area contributed by atoms with Gasteiger partial charge in [0.1, 0.15) is 0 Å². The highest BCUT2D eigenvalue weighted by Gasteiger charge is 2.13. The van der Waals surface area contributed by atoms with E-state index in [2.05, 4.69) is 13.8 Å². The predicted molar refractivity (Wildman–Crippen MR) is 64.0 cm³/mol. The molecule has 0 aromatic rings. The van der Waals surface area contributed by atoms with Gasteiger partial charge in [0, 0.05) is 13.2 Å². The molecule has 0 radical (unpaired) electrons. The summed E-state index contributed by atoms with van der Waals surface area (Å²) < 4.78 is 10.6. The molecule has 15 heavy (non-hydrogen) atoms. The summed E-state index contributed by atoms with van der Waals surface area (Å²) >= 11 is 0. The van der Waals surface area contributed by atoms with Crippen molar-refractivity contribution in [3.05, 3.63) is 0 Å². The Kier molecular flexibility index (Phi) is 9.06. The highest BCUT2D eigenvalue weighted by Crippen LogP contribution is 2.20. The molecule has 3 nitrogen and oxygen atoms in total. The molecule has 0 amide bonds. The minimum Gasteiger partial charge on any atom is -0.379 e. The molecule has 0 spiro atoms. The minimum absolute atomic E-state index is 0.283. The van der Waals surface area contributed by atoms with E-state index in [9.17, 15) is 0 Å². The summed E-state index contributed by atoms with van der Waals surface area (Å²) in [6.07, 6.45) is 3.49. The third kappa shape index (κ3) is 10.2. The van der Waals surface area contributed by atoms with E-state index in [-0.39, 0.29) is 5.41 Å². The Labute approximate surface area is 94.3 Å². The lowest BCUT2D eigenvalue weighted by Gasteiger charge is -2.21. The fourth-order valence-electron chi connectivity index (χ4n) is 1.27. The second-order valence-electron chi connectivity index (χ2n) is 4.63. The first-order valence-electron chi connectivity index (χ1n) is 5.98. The lowest BCUT2D eigenvalue weighted by Crippen LogP contribution is -2.23. The first kappa shape index (κ1) is 14.9. The number of hydrogen-bond donors (Lipinski definition) is 1. The zero-order chi connectivity index (χ0) is 11.6. The first-order chi connectivity index (χ1) is 7.12. The monoisotopic (exact) mass is 217 g/mol. The summed E-state index contributed by atoms with van der Waals surface area (Å²) in [5.74, 6) is 0. The van der Waals surface area contributed by atoms with Gasteiger partial charge in [-0.1, -0.05) is 20.3 Å². The summed E-state index contributed by atoms with van der Waals surface area (Å²) in [7, 11) is 0. The second kappa shape index (κ2) is 9.13. The first-order valence-corrected chi connectivity index (χ1v) is 5.98. The molecular weight excluding hydrogens is 190 g/mol. The van der Waals surface area contributed by atoms with Crippen LogP contribution in [0.1, 0.15) is 40.0 Å². The molecule has 2 N–H and O–H groups in total. The zero-order valence-corrected chi connectivity index (χ0v) is 10.6. The van der Waals surface area contributed by atoms with Crippen molar-refractivity contribution in [3.8, 4) is 0 Å². The van der Waals surface area contributed by atoms with Crippen molar-refractivity contribution in [2.75, 3.05) is 33.0 Å². The second-order valence-corrected chi connectivity index (χ2v) is 4.63. The zero-order valence-electron chi connectivity index (χ0n) is 10.6. The lowest BCUT2D eigenvalue weighted by atomic mass is 9.87. The molecule has 0 aliphatic rings. The predicted octanol–water partition coefficient (Wildman–Crippen LogP) is 2.19. The Bertz CT molecular complexity index is 138. The normalized spacial score (nSPS) is 12.0. The van der Waals surface area contributed by atoms with Gasteiger partial charge < -0.3 is 15.2 Å². The highest BCUT2D eigenvalue weighted by atomic mass is 16.5. The van der Waals surface area contributed by atoms with Gasteiger partial charge in [-0.15, -0.1) is 0 Å². The van der Waals surface area contributed by atoms with Gasteiger partial charge in [0.25, 0.3) is 0 Å². The van der Waals surface area contributed by atoms with E-state index in [1.165, 1.54) is 12.8 Å². The van der Waals surface area contributed by atoms with E-state index in [0.717, 1.165) is 26.2 Å². The van der Waals surface area contributed by atoms with Crippen LogP contribution >= 0.6 is 0 Å². The molecular formula is C12H27NO2. The molecule has 0 saturated heterocycles. The summed E-state index contributed by atoms with van der Waals surface area (Å²) in [4.78, 5) is 0. The van der Waals surface area contributed by atoms with Crippen molar-refractivity contribution in [2.45, 2.75) is 40.0 Å². The van der Waals surface area contributed by atoms with Crippen molar-refractivity contribution in [2.24, 2.45) is 11.1 Å². The highest BCUT2D eigenvalue weighted by molar-refractivity contribution is 4.68. The SMILES string of the molecule is CCOCCOCCCCC(C)(C)CN. The molecule has 0 saturated carbocycles. The van der Waals surface area contributed by atoms with E-state index >= 15 is 0 Å². The number of ether oxygens (including phenoxy) is 2. The average molecular weight is 217 g/mol. The Morgan fingerprint density at radius 3 is 2.27 bits per heavy atom. The van der Waals surface area contributed by atoms with Crippen LogP contribution in [0.3, 0.4) is 0 Å². The van der Waals surface area contributed by atoms with Gasteiger partial charge in [0.2, 0.25) is 0 Å². The van der Waals surface area contributed by atoms with Crippen LogP contribution in [-0.2, 0) is 9.47 Å². The van der Waals surface area contributed by atoms with Crippen LogP contribution in [0.2, 0.25) is 0 Å². The van der Waals surface area contributed by atoms with Crippen molar-refractivity contribution >= 4 is 0 Å². The van der Waals surface area contributed by atoms with Crippen LogP contribution < -0.4 is 5.73 Å². The quantitative estimate of drug-likeness (QED) is 0.571. The molecule has 0 rings (SSSR count). The Hall–Kier alpha value is -0.120. The van der Waals surface area contributed by atoms with Crippen LogP contribution in [0.25, 0.3) is 0 Å². The molecule has 0 fully saturated rings. The van der Waals surface area contributed by atoms with E-state index in [4.69, 9.17) is 15.2 Å². The van der Waals surface area contributed by atoms with Gasteiger partial charge in [0.05, 0.1) is 13.2 Å². The Balaban J connectivity index is 3.11. The molecule has 0 aliphatic carbocycles. The van der Waals surface area contributed by atoms with Crippen molar-refractivity contribution < 1.29 is 9.47 Å². The van der Waals surface area contributed by atoms with Crippen LogP contribution in [0.5, 0.6) is 0 Å². The summed E-state index contributed by atoms with van der Waals surface area (Å²) in [6.45, 7) is 10.2. The maximum atomic E-state index is 5.65. The van der Waals surface area contributed by atoms with E-state index < -0.39 is 0 Å². The van der Waals surface area contributed by atoms with Gasteiger partial charge in [-0.25, -0.2) is 0 Å². The summed E-state index contributed by atoms with van der Waals surface area (Å²) in [5.41, 5.74) is 5.94. The van der Waals surface area contributed by atoms with E-state index in [1.807, 2.05) is 6.92 Å². The largest absolute Gasteiger partial charge is 0.379 e. The van der Waals surface area contributed by atoms with Crippen molar-refractivity contribution in [1.82, 2.24) is 0 Å². The fraction of sp³-hybridized carbons (Fsp3) is 1.00. The Morgan fingerprint density at radius 1 is 1.00 bits per heavy atom. The molecule has 0 aromatic heterocycles.